The van der Waals surface area contributed by atoms with Gasteiger partial charge in [-0.05, 0) is 36.1 Å². The maximum Gasteiger partial charge on any atom is 0.0486 e. The summed E-state index contributed by atoms with van der Waals surface area (Å²) >= 11 is 0. The molecule has 1 heterocycles. The molecule has 1 atom stereocenters. The second-order valence-corrected chi connectivity index (χ2v) is 7.92. The summed E-state index contributed by atoms with van der Waals surface area (Å²) in [4.78, 5) is 0. The van der Waals surface area contributed by atoms with E-state index < -0.39 is 0 Å². The van der Waals surface area contributed by atoms with E-state index in [1.54, 1.807) is 0 Å². The highest BCUT2D eigenvalue weighted by atomic mass is 15.0. The molecule has 0 aliphatic carbocycles. The third-order valence-electron chi connectivity index (χ3n) is 5.62. The van der Waals surface area contributed by atoms with E-state index in [0.29, 0.717) is 6.04 Å². The lowest BCUT2D eigenvalue weighted by Gasteiger charge is -2.18. The van der Waals surface area contributed by atoms with Gasteiger partial charge in [-0.3, -0.25) is 0 Å². The lowest BCUT2D eigenvalue weighted by molar-refractivity contribution is 0.494. The minimum Gasteiger partial charge on any atom is -0.343 e. The Kier molecular flexibility index (Phi) is 6.12. The fourth-order valence-electron chi connectivity index (χ4n) is 4.20. The van der Waals surface area contributed by atoms with E-state index in [-0.39, 0.29) is 0 Å². The highest BCUT2D eigenvalue weighted by molar-refractivity contribution is 5.84. The van der Waals surface area contributed by atoms with Crippen LogP contribution in [0.2, 0.25) is 0 Å². The predicted molar refractivity (Wildman–Crippen MR) is 123 cm³/mol. The van der Waals surface area contributed by atoms with Crippen LogP contribution in [-0.2, 0) is 13.1 Å². The van der Waals surface area contributed by atoms with Crippen molar-refractivity contribution in [3.8, 4) is 0 Å². The summed E-state index contributed by atoms with van der Waals surface area (Å²) in [5, 5.41) is 5.16. The molecule has 0 saturated carbocycles. The van der Waals surface area contributed by atoms with E-state index in [1.165, 1.54) is 39.6 Å². The fourth-order valence-corrected chi connectivity index (χ4v) is 4.20. The van der Waals surface area contributed by atoms with E-state index in [0.717, 1.165) is 19.5 Å². The Labute approximate surface area is 174 Å². The van der Waals surface area contributed by atoms with E-state index in [9.17, 15) is 0 Å². The molecule has 1 N–H and O–H groups in total. The molecule has 0 amide bonds. The minimum absolute atomic E-state index is 0.389. The summed E-state index contributed by atoms with van der Waals surface area (Å²) in [6.45, 7) is 6.19. The number of rotatable bonds is 8. The number of nitrogens with zero attached hydrogens (tertiary/aromatic N) is 1. The van der Waals surface area contributed by atoms with Gasteiger partial charge in [0.15, 0.2) is 0 Å². The summed E-state index contributed by atoms with van der Waals surface area (Å²) in [7, 11) is 0. The van der Waals surface area contributed by atoms with Gasteiger partial charge in [0.1, 0.15) is 0 Å². The van der Waals surface area contributed by atoms with Crippen LogP contribution in [-0.4, -0.2) is 4.57 Å². The van der Waals surface area contributed by atoms with Crippen LogP contribution in [0.3, 0.4) is 0 Å². The third kappa shape index (κ3) is 4.60. The van der Waals surface area contributed by atoms with E-state index in [1.807, 2.05) is 0 Å². The number of aryl methyl sites for hydroxylation is 1. The van der Waals surface area contributed by atoms with Gasteiger partial charge in [-0.1, -0.05) is 91.7 Å². The molecule has 2 nitrogen and oxygen atoms in total. The zero-order valence-electron chi connectivity index (χ0n) is 17.4. The maximum atomic E-state index is 3.82. The number of fused-ring (bicyclic) bond motifs is 1. The van der Waals surface area contributed by atoms with Crippen molar-refractivity contribution in [2.24, 2.45) is 0 Å². The fraction of sp³-hybridized carbons (Fsp3) is 0.259. The van der Waals surface area contributed by atoms with Gasteiger partial charge in [-0.25, -0.2) is 0 Å². The van der Waals surface area contributed by atoms with Crippen molar-refractivity contribution in [1.82, 2.24) is 9.88 Å². The van der Waals surface area contributed by atoms with Gasteiger partial charge >= 0.3 is 0 Å². The molecular weight excluding hydrogens is 352 g/mol. The van der Waals surface area contributed by atoms with Gasteiger partial charge in [0.05, 0.1) is 0 Å². The predicted octanol–water partition coefficient (Wildman–Crippen LogP) is 6.63. The lowest BCUT2D eigenvalue weighted by Crippen LogP contribution is -2.20. The number of hydrogen-bond acceptors (Lipinski definition) is 1. The first kappa shape index (κ1) is 19.5. The molecule has 2 heteroatoms. The second-order valence-electron chi connectivity index (χ2n) is 7.92. The molecule has 4 aromatic rings. The number of hydrogen-bond donors (Lipinski definition) is 1. The Balaban J connectivity index is 1.59. The molecule has 4 rings (SSSR count). The molecular formula is C27H30N2. The highest BCUT2D eigenvalue weighted by Gasteiger charge is 2.13. The number of nitrogens with one attached hydrogen (secondary N) is 1. The van der Waals surface area contributed by atoms with E-state index >= 15 is 0 Å². The van der Waals surface area contributed by atoms with Gasteiger partial charge in [-0.2, -0.15) is 0 Å². The van der Waals surface area contributed by atoms with Crippen LogP contribution in [0.15, 0.2) is 85.1 Å². The zero-order valence-corrected chi connectivity index (χ0v) is 17.4. The average molecular weight is 383 g/mol. The number of aromatic nitrogens is 1. The van der Waals surface area contributed by atoms with Crippen molar-refractivity contribution < 1.29 is 0 Å². The van der Waals surface area contributed by atoms with E-state index in [4.69, 9.17) is 0 Å². The molecule has 0 unspecified atom stereocenters. The summed E-state index contributed by atoms with van der Waals surface area (Å²) in [5.41, 5.74) is 6.70. The van der Waals surface area contributed by atoms with Crippen LogP contribution in [0.5, 0.6) is 0 Å². The van der Waals surface area contributed by atoms with Crippen molar-refractivity contribution in [3.05, 3.63) is 107 Å². The van der Waals surface area contributed by atoms with Crippen LogP contribution >= 0.6 is 0 Å². The molecule has 0 saturated heterocycles. The quantitative estimate of drug-likeness (QED) is 0.362. The average Bonchev–Trinajstić information content (AvgIpc) is 3.09. The van der Waals surface area contributed by atoms with Gasteiger partial charge in [0.25, 0.3) is 0 Å². The topological polar surface area (TPSA) is 17.0 Å². The zero-order chi connectivity index (χ0) is 20.1. The van der Waals surface area contributed by atoms with Crippen molar-refractivity contribution >= 4 is 10.9 Å². The molecule has 0 aliphatic heterocycles. The summed E-state index contributed by atoms with van der Waals surface area (Å²) in [6, 6.07) is 28.8. The molecule has 1 aromatic heterocycles. The molecule has 0 fully saturated rings. The smallest absolute Gasteiger partial charge is 0.0486 e. The summed E-state index contributed by atoms with van der Waals surface area (Å²) < 4.78 is 2.39. The Morgan fingerprint density at radius 2 is 1.69 bits per heavy atom. The standard InChI is InChI=1S/C27H30N2/c1-3-10-26(23-13-5-4-6-14-23)28-18-24-20-29(27-16-8-7-15-25(24)27)19-22-12-9-11-21(2)17-22/h4-9,11-17,20,26,28H,3,10,18-19H2,1-2H3/t26-/m0/s1. The third-order valence-corrected chi connectivity index (χ3v) is 5.62. The Morgan fingerprint density at radius 3 is 2.48 bits per heavy atom. The van der Waals surface area contributed by atoms with Gasteiger partial charge in [0.2, 0.25) is 0 Å². The van der Waals surface area contributed by atoms with Crippen molar-refractivity contribution in [2.75, 3.05) is 0 Å². The van der Waals surface area contributed by atoms with Crippen molar-refractivity contribution in [3.63, 3.8) is 0 Å². The molecule has 3 aromatic carbocycles. The molecule has 0 radical (unpaired) electrons. The molecule has 148 valence electrons. The summed E-state index contributed by atoms with van der Waals surface area (Å²) in [6.07, 6.45) is 4.64. The van der Waals surface area contributed by atoms with Crippen LogP contribution < -0.4 is 5.32 Å². The number of benzene rings is 3. The molecule has 0 aliphatic rings. The van der Waals surface area contributed by atoms with Crippen LogP contribution in [0, 0.1) is 6.92 Å². The van der Waals surface area contributed by atoms with Gasteiger partial charge < -0.3 is 9.88 Å². The molecule has 29 heavy (non-hydrogen) atoms. The van der Waals surface area contributed by atoms with Crippen molar-refractivity contribution in [2.45, 2.75) is 45.8 Å². The molecule has 0 bridgehead atoms. The van der Waals surface area contributed by atoms with Crippen LogP contribution in [0.25, 0.3) is 10.9 Å². The first-order chi connectivity index (χ1) is 14.2. The molecule has 0 spiro atoms. The largest absolute Gasteiger partial charge is 0.343 e. The van der Waals surface area contributed by atoms with Crippen molar-refractivity contribution in [1.29, 1.82) is 0 Å². The summed E-state index contributed by atoms with van der Waals surface area (Å²) in [5.74, 6) is 0. The number of para-hydroxylation sites is 1. The maximum absolute atomic E-state index is 3.82. The Hall–Kier alpha value is -2.84. The normalized spacial score (nSPS) is 12.3. The van der Waals surface area contributed by atoms with E-state index in [2.05, 4.69) is 109 Å². The van der Waals surface area contributed by atoms with Crippen LogP contribution in [0.4, 0.5) is 0 Å². The first-order valence-electron chi connectivity index (χ1n) is 10.6. The Bertz CT molecular complexity index is 1060. The van der Waals surface area contributed by atoms with Gasteiger partial charge in [-0.15, -0.1) is 0 Å². The van der Waals surface area contributed by atoms with Crippen LogP contribution in [0.1, 0.15) is 48.1 Å². The Morgan fingerprint density at radius 1 is 0.897 bits per heavy atom. The second kappa shape index (κ2) is 9.11. The van der Waals surface area contributed by atoms with Gasteiger partial charge in [0, 0.05) is 36.2 Å². The minimum atomic E-state index is 0.389. The first-order valence-corrected chi connectivity index (χ1v) is 10.6. The monoisotopic (exact) mass is 382 g/mol. The lowest BCUT2D eigenvalue weighted by atomic mass is 10.0. The SMILES string of the molecule is CCC[C@H](NCc1cn(Cc2cccc(C)c2)c2ccccc12)c1ccccc1. The highest BCUT2D eigenvalue weighted by Crippen LogP contribution is 2.25.